The van der Waals surface area contributed by atoms with Crippen molar-refractivity contribution in [2.45, 2.75) is 37.3 Å². The Labute approximate surface area is 196 Å². The fraction of sp³-hybridized carbons (Fsp3) is 0.500. The van der Waals surface area contributed by atoms with Gasteiger partial charge in [-0.3, -0.25) is 0 Å². The molecule has 164 valence electrons. The zero-order valence-electron chi connectivity index (χ0n) is 17.6. The van der Waals surface area contributed by atoms with Crippen LogP contribution in [0.25, 0.3) is 11.6 Å². The molecule has 2 aliphatic rings. The topological polar surface area (TPSA) is 60.0 Å². The van der Waals surface area contributed by atoms with E-state index in [2.05, 4.69) is 32.2 Å². The van der Waals surface area contributed by atoms with E-state index in [0.717, 1.165) is 45.4 Å². The number of hydrogen-bond acceptors (Lipinski definition) is 6. The predicted molar refractivity (Wildman–Crippen MR) is 124 cm³/mol. The van der Waals surface area contributed by atoms with Crippen LogP contribution in [0.5, 0.6) is 0 Å². The summed E-state index contributed by atoms with van der Waals surface area (Å²) in [6, 6.07) is 5.98. The smallest absolute Gasteiger partial charge is 0.202 e. The van der Waals surface area contributed by atoms with E-state index >= 15 is 0 Å². The maximum absolute atomic E-state index is 6.21. The van der Waals surface area contributed by atoms with Gasteiger partial charge in [-0.15, -0.1) is 10.2 Å². The molecule has 0 radical (unpaired) electrons. The number of likely N-dealkylation sites (tertiary alicyclic amines) is 1. The van der Waals surface area contributed by atoms with E-state index in [9.17, 15) is 0 Å². The molecule has 1 aromatic carbocycles. The van der Waals surface area contributed by atoms with Crippen LogP contribution in [-0.4, -0.2) is 50.0 Å². The molecule has 3 heterocycles. The molecule has 1 saturated carbocycles. The van der Waals surface area contributed by atoms with Crippen molar-refractivity contribution >= 4 is 35.0 Å². The van der Waals surface area contributed by atoms with Gasteiger partial charge in [0, 0.05) is 29.4 Å². The van der Waals surface area contributed by atoms with Crippen molar-refractivity contribution in [2.75, 3.05) is 25.4 Å². The molecule has 0 N–H and O–H groups in total. The summed E-state index contributed by atoms with van der Waals surface area (Å²) < 4.78 is 7.43. The van der Waals surface area contributed by atoms with Crippen molar-refractivity contribution < 1.29 is 4.42 Å². The highest BCUT2D eigenvalue weighted by atomic mass is 35.5. The first-order chi connectivity index (χ1) is 14.9. The number of aryl methyl sites for hydroxylation is 1. The fourth-order valence-corrected chi connectivity index (χ4v) is 6.21. The molecule has 6 nitrogen and oxygen atoms in total. The van der Waals surface area contributed by atoms with Crippen LogP contribution >= 0.6 is 35.0 Å². The van der Waals surface area contributed by atoms with Crippen molar-refractivity contribution in [3.63, 3.8) is 0 Å². The number of hydrogen-bond donors (Lipinski definition) is 0. The molecule has 9 heteroatoms. The zero-order valence-corrected chi connectivity index (χ0v) is 20.0. The number of aromatic nitrogens is 4. The first-order valence-electron chi connectivity index (χ1n) is 10.6. The Bertz CT molecular complexity index is 1080. The second kappa shape index (κ2) is 8.43. The number of oxazole rings is 1. The average Bonchev–Trinajstić information content (AvgIpc) is 2.99. The zero-order chi connectivity index (χ0) is 21.6. The van der Waals surface area contributed by atoms with Gasteiger partial charge >= 0.3 is 0 Å². The first kappa shape index (κ1) is 21.3. The van der Waals surface area contributed by atoms with Gasteiger partial charge in [0.1, 0.15) is 0 Å². The van der Waals surface area contributed by atoms with Gasteiger partial charge in [-0.1, -0.05) is 35.0 Å². The van der Waals surface area contributed by atoms with Crippen molar-refractivity contribution in [3.8, 4) is 11.6 Å². The molecule has 2 atom stereocenters. The number of rotatable bonds is 7. The average molecular weight is 478 g/mol. The molecule has 3 aromatic rings. The SMILES string of the molecule is Cc1ncoc1-c1nnc(SCCCN2CCC3(C[C@H]3c3cc(Cl)cc(Cl)c3)C2)n1C. The lowest BCUT2D eigenvalue weighted by atomic mass is 9.98. The lowest BCUT2D eigenvalue weighted by molar-refractivity contribution is 0.319. The third kappa shape index (κ3) is 4.25. The van der Waals surface area contributed by atoms with Crippen LogP contribution in [-0.2, 0) is 7.05 Å². The van der Waals surface area contributed by atoms with E-state index < -0.39 is 0 Å². The van der Waals surface area contributed by atoms with Gasteiger partial charge in [0.05, 0.1) is 5.69 Å². The summed E-state index contributed by atoms with van der Waals surface area (Å²) in [5.41, 5.74) is 2.55. The van der Waals surface area contributed by atoms with E-state index in [1.807, 2.05) is 24.6 Å². The van der Waals surface area contributed by atoms with Crippen molar-refractivity contribution in [3.05, 3.63) is 45.9 Å². The first-order valence-corrected chi connectivity index (χ1v) is 12.3. The van der Waals surface area contributed by atoms with Crippen LogP contribution < -0.4 is 0 Å². The van der Waals surface area contributed by atoms with E-state index in [1.54, 1.807) is 11.8 Å². The highest BCUT2D eigenvalue weighted by Gasteiger charge is 2.57. The lowest BCUT2D eigenvalue weighted by Crippen LogP contribution is -2.23. The summed E-state index contributed by atoms with van der Waals surface area (Å²) in [6.45, 7) is 5.37. The van der Waals surface area contributed by atoms with Gasteiger partial charge in [0.25, 0.3) is 0 Å². The van der Waals surface area contributed by atoms with Gasteiger partial charge in [0.2, 0.25) is 5.82 Å². The van der Waals surface area contributed by atoms with Crippen LogP contribution in [0.3, 0.4) is 0 Å². The maximum atomic E-state index is 6.21. The summed E-state index contributed by atoms with van der Waals surface area (Å²) in [7, 11) is 1.97. The quantitative estimate of drug-likeness (QED) is 0.333. The van der Waals surface area contributed by atoms with Crippen molar-refractivity contribution in [2.24, 2.45) is 12.5 Å². The lowest BCUT2D eigenvalue weighted by Gasteiger charge is -2.16. The second-order valence-corrected chi connectivity index (χ2v) is 10.6. The van der Waals surface area contributed by atoms with E-state index in [-0.39, 0.29) is 0 Å². The highest BCUT2D eigenvalue weighted by molar-refractivity contribution is 7.99. The Balaban J connectivity index is 1.11. The van der Waals surface area contributed by atoms with Crippen LogP contribution in [0.15, 0.2) is 34.2 Å². The normalized spacial score (nSPS) is 23.2. The molecule has 1 unspecified atom stereocenters. The Morgan fingerprint density at radius 1 is 1.23 bits per heavy atom. The summed E-state index contributed by atoms with van der Waals surface area (Å²) in [4.78, 5) is 6.74. The molecule has 1 spiro atoms. The molecular weight excluding hydrogens is 453 g/mol. The fourth-order valence-electron chi connectivity index (χ4n) is 4.83. The third-order valence-electron chi connectivity index (χ3n) is 6.57. The summed E-state index contributed by atoms with van der Waals surface area (Å²) in [5.74, 6) is 3.02. The molecule has 0 amide bonds. The molecule has 2 fully saturated rings. The van der Waals surface area contributed by atoms with E-state index in [0.29, 0.717) is 17.1 Å². The maximum Gasteiger partial charge on any atom is 0.202 e. The molecular formula is C22H25Cl2N5OS. The van der Waals surface area contributed by atoms with Gasteiger partial charge in [-0.25, -0.2) is 4.98 Å². The van der Waals surface area contributed by atoms with Crippen molar-refractivity contribution in [1.82, 2.24) is 24.6 Å². The molecule has 1 aliphatic carbocycles. The van der Waals surface area contributed by atoms with Crippen molar-refractivity contribution in [1.29, 1.82) is 0 Å². The van der Waals surface area contributed by atoms with Gasteiger partial charge in [-0.05, 0) is 74.4 Å². The summed E-state index contributed by atoms with van der Waals surface area (Å²) in [6.07, 6.45) is 5.08. The standard InChI is InChI=1S/C22H25Cl2N5OS/c1-14-19(30-13-25-14)20-26-27-21(28(20)2)31-7-3-5-29-6-4-22(12-29)11-18(22)15-8-16(23)10-17(24)9-15/h8-10,13,18H,3-7,11-12H2,1-2H3/t18-,22?/m0/s1. The van der Waals surface area contributed by atoms with E-state index in [4.69, 9.17) is 27.6 Å². The molecule has 2 aromatic heterocycles. The molecule has 0 bridgehead atoms. The number of thioether (sulfide) groups is 1. The minimum atomic E-state index is 0.425. The molecule has 1 saturated heterocycles. The summed E-state index contributed by atoms with van der Waals surface area (Å²) in [5, 5.41) is 11.0. The van der Waals surface area contributed by atoms with Gasteiger partial charge in [-0.2, -0.15) is 0 Å². The largest absolute Gasteiger partial charge is 0.440 e. The Hall–Kier alpha value is -1.54. The van der Waals surface area contributed by atoms with Crippen LogP contribution in [0, 0.1) is 12.3 Å². The second-order valence-electron chi connectivity index (χ2n) is 8.68. The molecule has 1 aliphatic heterocycles. The monoisotopic (exact) mass is 477 g/mol. The minimum Gasteiger partial charge on any atom is -0.440 e. The summed E-state index contributed by atoms with van der Waals surface area (Å²) >= 11 is 14.2. The van der Waals surface area contributed by atoms with E-state index in [1.165, 1.54) is 37.9 Å². The van der Waals surface area contributed by atoms with Gasteiger partial charge in [0.15, 0.2) is 17.3 Å². The molecule has 31 heavy (non-hydrogen) atoms. The predicted octanol–water partition coefficient (Wildman–Crippen LogP) is 5.45. The number of benzene rings is 1. The Morgan fingerprint density at radius 2 is 2.03 bits per heavy atom. The third-order valence-corrected chi connectivity index (χ3v) is 8.12. The van der Waals surface area contributed by atoms with Gasteiger partial charge < -0.3 is 13.9 Å². The molecule has 5 rings (SSSR count). The Morgan fingerprint density at radius 3 is 2.77 bits per heavy atom. The number of halogens is 2. The van der Waals surface area contributed by atoms with Crippen LogP contribution in [0.2, 0.25) is 10.0 Å². The highest BCUT2D eigenvalue weighted by Crippen LogP contribution is 2.64. The van der Waals surface area contributed by atoms with Crippen LogP contribution in [0.1, 0.15) is 36.4 Å². The number of nitrogens with zero attached hydrogens (tertiary/aromatic N) is 5. The van der Waals surface area contributed by atoms with Crippen LogP contribution in [0.4, 0.5) is 0 Å². The Kier molecular flexibility index (Phi) is 5.79. The minimum absolute atomic E-state index is 0.425.